The minimum Gasteiger partial charge on any atom is -0.331 e. The lowest BCUT2D eigenvalue weighted by atomic mass is 10.3. The van der Waals surface area contributed by atoms with Crippen LogP contribution in [0.25, 0.3) is 0 Å². The van der Waals surface area contributed by atoms with Gasteiger partial charge in [0.25, 0.3) is 0 Å². The third-order valence-electron chi connectivity index (χ3n) is 2.67. The summed E-state index contributed by atoms with van der Waals surface area (Å²) in [5.41, 5.74) is 5.84. The van der Waals surface area contributed by atoms with Crippen LogP contribution >= 0.6 is 15.9 Å². The quantitative estimate of drug-likeness (QED) is 0.856. The number of likely N-dealkylation sites (tertiary alicyclic amines) is 1. The van der Waals surface area contributed by atoms with Crippen molar-refractivity contribution in [3.05, 3.63) is 11.7 Å². The van der Waals surface area contributed by atoms with Gasteiger partial charge in [-0.15, -0.1) is 0 Å². The van der Waals surface area contributed by atoms with Gasteiger partial charge in [-0.25, -0.2) is 0 Å². The highest BCUT2D eigenvalue weighted by molar-refractivity contribution is 9.09. The van der Waals surface area contributed by atoms with Crippen LogP contribution in [0, 0.1) is 0 Å². The van der Waals surface area contributed by atoms with E-state index in [1.54, 1.807) is 0 Å². The maximum Gasteiger partial charge on any atom is 0.378 e. The van der Waals surface area contributed by atoms with Crippen molar-refractivity contribution in [3.63, 3.8) is 0 Å². The Bertz CT molecular complexity index is 375. The fraction of sp³-hybridized carbons (Fsp3) is 0.778. The van der Waals surface area contributed by atoms with E-state index in [4.69, 9.17) is 5.73 Å². The maximum absolute atomic E-state index is 12.8. The molecule has 1 atom stereocenters. The molecule has 2 rings (SSSR count). The summed E-state index contributed by atoms with van der Waals surface area (Å²) in [7, 11) is 0. The van der Waals surface area contributed by atoms with Crippen LogP contribution in [-0.4, -0.2) is 34.7 Å². The molecule has 0 aromatic carbocycles. The first-order valence-electron chi connectivity index (χ1n) is 5.35. The fourth-order valence-electron chi connectivity index (χ4n) is 1.83. The zero-order chi connectivity index (χ0) is 12.5. The lowest BCUT2D eigenvalue weighted by Gasteiger charge is -2.17. The molecule has 2 N–H and O–H groups in total. The van der Waals surface area contributed by atoms with E-state index in [0.29, 0.717) is 6.54 Å². The lowest BCUT2D eigenvalue weighted by molar-refractivity contribution is 0.0725. The summed E-state index contributed by atoms with van der Waals surface area (Å²) in [6, 6.07) is -0.500. The largest absolute Gasteiger partial charge is 0.378 e. The molecule has 0 aliphatic carbocycles. The van der Waals surface area contributed by atoms with Crippen LogP contribution in [0.1, 0.15) is 30.6 Å². The third-order valence-corrected chi connectivity index (χ3v) is 3.01. The van der Waals surface area contributed by atoms with E-state index in [0.717, 1.165) is 25.9 Å². The van der Waals surface area contributed by atoms with Crippen molar-refractivity contribution in [2.24, 2.45) is 5.73 Å². The van der Waals surface area contributed by atoms with E-state index in [-0.39, 0.29) is 5.82 Å². The molecule has 17 heavy (non-hydrogen) atoms. The molecule has 8 heteroatoms. The van der Waals surface area contributed by atoms with Crippen molar-refractivity contribution in [1.29, 1.82) is 0 Å². The number of aromatic nitrogens is 2. The van der Waals surface area contributed by atoms with Gasteiger partial charge < -0.3 is 15.2 Å². The van der Waals surface area contributed by atoms with Gasteiger partial charge in [-0.3, -0.25) is 0 Å². The average molecular weight is 311 g/mol. The molecule has 0 spiro atoms. The molecule has 0 radical (unpaired) electrons. The van der Waals surface area contributed by atoms with Crippen LogP contribution in [0.3, 0.4) is 0 Å². The first-order chi connectivity index (χ1) is 7.97. The molecule has 1 fully saturated rings. The minimum atomic E-state index is -3.30. The van der Waals surface area contributed by atoms with Gasteiger partial charge in [0, 0.05) is 22.5 Å². The average Bonchev–Trinajstić information content (AvgIpc) is 2.85. The van der Waals surface area contributed by atoms with E-state index in [1.807, 2.05) is 0 Å². The number of hydrogen-bond donors (Lipinski definition) is 1. The molecule has 0 bridgehead atoms. The predicted octanol–water partition coefficient (Wildman–Crippen LogP) is 1.61. The van der Waals surface area contributed by atoms with Crippen molar-refractivity contribution in [2.75, 3.05) is 19.6 Å². The Morgan fingerprint density at radius 3 is 2.65 bits per heavy atom. The van der Waals surface area contributed by atoms with E-state index < -0.39 is 16.8 Å². The summed E-state index contributed by atoms with van der Waals surface area (Å²) in [6.07, 6.45) is 2.29. The SMILES string of the molecule is NC(CN1CCCC1)c1noc(C(F)(F)Br)n1. The number of hydrogen-bond acceptors (Lipinski definition) is 5. The second-order valence-electron chi connectivity index (χ2n) is 4.07. The molecule has 0 saturated carbocycles. The number of halogens is 3. The zero-order valence-corrected chi connectivity index (χ0v) is 10.7. The van der Waals surface area contributed by atoms with E-state index in [1.165, 1.54) is 0 Å². The normalized spacial score (nSPS) is 19.8. The molecule has 1 aromatic rings. The van der Waals surface area contributed by atoms with Crippen molar-refractivity contribution >= 4 is 15.9 Å². The van der Waals surface area contributed by atoms with Gasteiger partial charge in [-0.2, -0.15) is 13.8 Å². The summed E-state index contributed by atoms with van der Waals surface area (Å²) in [5.74, 6) is -0.643. The molecular weight excluding hydrogens is 298 g/mol. The number of rotatable bonds is 4. The highest BCUT2D eigenvalue weighted by atomic mass is 79.9. The second kappa shape index (κ2) is 4.95. The van der Waals surface area contributed by atoms with Crippen molar-refractivity contribution in [1.82, 2.24) is 15.0 Å². The van der Waals surface area contributed by atoms with Crippen LogP contribution in [0.2, 0.25) is 0 Å². The smallest absolute Gasteiger partial charge is 0.331 e. The number of nitrogens with two attached hydrogens (primary N) is 1. The van der Waals surface area contributed by atoms with E-state index in [2.05, 4.69) is 35.5 Å². The fourth-order valence-corrected chi connectivity index (χ4v) is 1.99. The Morgan fingerprint density at radius 1 is 1.47 bits per heavy atom. The molecule has 1 aliphatic rings. The van der Waals surface area contributed by atoms with E-state index in [9.17, 15) is 8.78 Å². The Kier molecular flexibility index (Phi) is 3.74. The molecule has 0 amide bonds. The second-order valence-corrected chi connectivity index (χ2v) is 5.07. The van der Waals surface area contributed by atoms with Gasteiger partial charge in [0.2, 0.25) is 0 Å². The van der Waals surface area contributed by atoms with Gasteiger partial charge in [0.15, 0.2) is 5.82 Å². The summed E-state index contributed by atoms with van der Waals surface area (Å²) in [5, 5.41) is 3.48. The maximum atomic E-state index is 12.8. The Balaban J connectivity index is 1.99. The summed E-state index contributed by atoms with van der Waals surface area (Å²) in [6.45, 7) is 2.52. The van der Waals surface area contributed by atoms with Crippen molar-refractivity contribution in [3.8, 4) is 0 Å². The Morgan fingerprint density at radius 2 is 2.12 bits per heavy atom. The number of alkyl halides is 3. The molecule has 2 heterocycles. The van der Waals surface area contributed by atoms with Crippen LogP contribution in [-0.2, 0) is 4.83 Å². The first kappa shape index (κ1) is 12.8. The molecule has 5 nitrogen and oxygen atoms in total. The lowest BCUT2D eigenvalue weighted by Crippen LogP contribution is -2.30. The Hall–Kier alpha value is -0.600. The molecule has 96 valence electrons. The highest BCUT2D eigenvalue weighted by Crippen LogP contribution is 2.33. The predicted molar refractivity (Wildman–Crippen MR) is 59.7 cm³/mol. The molecule has 1 saturated heterocycles. The van der Waals surface area contributed by atoms with Gasteiger partial charge in [-0.1, -0.05) is 5.16 Å². The van der Waals surface area contributed by atoms with Crippen LogP contribution in [0.5, 0.6) is 0 Å². The van der Waals surface area contributed by atoms with Gasteiger partial charge in [0.05, 0.1) is 6.04 Å². The summed E-state index contributed by atoms with van der Waals surface area (Å²) < 4.78 is 30.1. The highest BCUT2D eigenvalue weighted by Gasteiger charge is 2.35. The Labute approximate surface area is 105 Å². The van der Waals surface area contributed by atoms with Gasteiger partial charge in [-0.05, 0) is 25.9 Å². The summed E-state index contributed by atoms with van der Waals surface area (Å²) >= 11 is 2.16. The molecule has 1 unspecified atom stereocenters. The topological polar surface area (TPSA) is 68.2 Å². The number of nitrogens with zero attached hydrogens (tertiary/aromatic N) is 3. The van der Waals surface area contributed by atoms with Crippen molar-refractivity contribution in [2.45, 2.75) is 23.7 Å². The van der Waals surface area contributed by atoms with E-state index >= 15 is 0 Å². The molecule has 1 aliphatic heterocycles. The molecular formula is C9H13BrF2N4O. The molecule has 1 aromatic heterocycles. The van der Waals surface area contributed by atoms with Crippen LogP contribution < -0.4 is 5.73 Å². The van der Waals surface area contributed by atoms with Crippen molar-refractivity contribution < 1.29 is 13.3 Å². The summed E-state index contributed by atoms with van der Waals surface area (Å²) in [4.78, 5) is 2.46. The first-order valence-corrected chi connectivity index (χ1v) is 6.15. The minimum absolute atomic E-state index is 0.117. The monoisotopic (exact) mass is 310 g/mol. The van der Waals surface area contributed by atoms with Crippen LogP contribution in [0.15, 0.2) is 4.52 Å². The van der Waals surface area contributed by atoms with Gasteiger partial charge >= 0.3 is 10.7 Å². The van der Waals surface area contributed by atoms with Gasteiger partial charge in [0.1, 0.15) is 0 Å². The zero-order valence-electron chi connectivity index (χ0n) is 9.07. The van der Waals surface area contributed by atoms with Crippen LogP contribution in [0.4, 0.5) is 8.78 Å². The third kappa shape index (κ3) is 3.20. The standard InChI is InChI=1S/C9H13BrF2N4O/c10-9(11,12)8-14-7(15-17-8)6(13)5-16-3-1-2-4-16/h6H,1-5,13H2.